The molecule has 0 unspecified atom stereocenters. The minimum Gasteiger partial charge on any atom is -0.442 e. The maximum atomic E-state index is 13.6. The van der Waals surface area contributed by atoms with E-state index in [0.29, 0.717) is 25.2 Å². The fraction of sp³-hybridized carbons (Fsp3) is 0.529. The zero-order valence-corrected chi connectivity index (χ0v) is 14.8. The van der Waals surface area contributed by atoms with E-state index in [1.54, 1.807) is 0 Å². The first-order valence-electron chi connectivity index (χ1n) is 8.35. The molecule has 8 heteroatoms. The topological polar surface area (TPSA) is 53.1 Å². The molecular formula is C17H21ClFN3O3. The van der Waals surface area contributed by atoms with Crippen molar-refractivity contribution < 1.29 is 18.7 Å². The SMILES string of the molecule is CC(=O)N(Cl)C[C@@H]1CN(c2cccc(N3CCC[C@H](F)C3)c2)C(=O)O1. The van der Waals surface area contributed by atoms with E-state index in [0.717, 1.165) is 23.1 Å². The number of amides is 2. The molecule has 0 spiro atoms. The Labute approximate surface area is 151 Å². The first kappa shape index (κ1) is 17.8. The fourth-order valence-corrected chi connectivity index (χ4v) is 3.31. The molecule has 2 amide bonds. The van der Waals surface area contributed by atoms with E-state index in [1.807, 2.05) is 29.2 Å². The molecule has 3 rings (SSSR count). The molecule has 0 bridgehead atoms. The van der Waals surface area contributed by atoms with Crippen LogP contribution in [0.4, 0.5) is 20.6 Å². The number of carbonyl (C=O) groups excluding carboxylic acids is 2. The summed E-state index contributed by atoms with van der Waals surface area (Å²) in [7, 11) is 0. The van der Waals surface area contributed by atoms with Crippen molar-refractivity contribution in [3.8, 4) is 0 Å². The lowest BCUT2D eigenvalue weighted by Gasteiger charge is -2.31. The first-order valence-corrected chi connectivity index (χ1v) is 8.69. The molecule has 136 valence electrons. The highest BCUT2D eigenvalue weighted by atomic mass is 35.5. The van der Waals surface area contributed by atoms with Crippen molar-refractivity contribution in [1.29, 1.82) is 0 Å². The maximum absolute atomic E-state index is 13.6. The summed E-state index contributed by atoms with van der Waals surface area (Å²) < 4.78 is 19.9. The van der Waals surface area contributed by atoms with Crippen LogP contribution in [0, 0.1) is 0 Å². The van der Waals surface area contributed by atoms with Crippen molar-refractivity contribution in [3.63, 3.8) is 0 Å². The smallest absolute Gasteiger partial charge is 0.414 e. The summed E-state index contributed by atoms with van der Waals surface area (Å²) in [5.41, 5.74) is 1.58. The Bertz CT molecular complexity index is 660. The van der Waals surface area contributed by atoms with Gasteiger partial charge in [-0.05, 0) is 31.0 Å². The standard InChI is InChI=1S/C17H21ClFN3O3/c1-12(23)22(18)11-16-10-21(17(24)25-16)15-6-2-5-14(8-15)20-7-3-4-13(19)9-20/h2,5-6,8,13,16H,3-4,7,9-11H2,1H3/t13-,16-/m0/s1. The normalized spacial score (nSPS) is 23.6. The second-order valence-corrected chi connectivity index (χ2v) is 6.79. The number of halogens is 2. The van der Waals surface area contributed by atoms with Gasteiger partial charge in [0.2, 0.25) is 5.91 Å². The van der Waals surface area contributed by atoms with Gasteiger partial charge in [-0.1, -0.05) is 6.07 Å². The average Bonchev–Trinajstić information content (AvgIpc) is 2.95. The minimum atomic E-state index is -0.820. The van der Waals surface area contributed by atoms with Gasteiger partial charge in [0.15, 0.2) is 0 Å². The number of rotatable bonds is 4. The van der Waals surface area contributed by atoms with Crippen LogP contribution in [-0.2, 0) is 9.53 Å². The lowest BCUT2D eigenvalue weighted by Crippen LogP contribution is -2.36. The van der Waals surface area contributed by atoms with Gasteiger partial charge in [0.1, 0.15) is 12.3 Å². The van der Waals surface area contributed by atoms with E-state index >= 15 is 0 Å². The molecule has 2 fully saturated rings. The molecule has 0 radical (unpaired) electrons. The Kier molecular flexibility index (Phi) is 5.32. The molecule has 0 aromatic heterocycles. The van der Waals surface area contributed by atoms with Gasteiger partial charge in [-0.2, -0.15) is 0 Å². The third-order valence-corrected chi connectivity index (χ3v) is 4.83. The number of alkyl halides is 1. The van der Waals surface area contributed by atoms with Gasteiger partial charge in [0.25, 0.3) is 0 Å². The van der Waals surface area contributed by atoms with Crippen LogP contribution in [0.25, 0.3) is 0 Å². The molecule has 0 aliphatic carbocycles. The summed E-state index contributed by atoms with van der Waals surface area (Å²) in [6, 6.07) is 7.44. The zero-order chi connectivity index (χ0) is 18.0. The fourth-order valence-electron chi connectivity index (χ4n) is 3.15. The van der Waals surface area contributed by atoms with Crippen molar-refractivity contribution >= 4 is 35.2 Å². The Morgan fingerprint density at radius 1 is 1.40 bits per heavy atom. The van der Waals surface area contributed by atoms with Crippen molar-refractivity contribution in [2.24, 2.45) is 0 Å². The maximum Gasteiger partial charge on any atom is 0.414 e. The molecule has 2 saturated heterocycles. The second-order valence-electron chi connectivity index (χ2n) is 6.39. The van der Waals surface area contributed by atoms with Crippen LogP contribution in [0.3, 0.4) is 0 Å². The predicted octanol–water partition coefficient (Wildman–Crippen LogP) is 2.95. The number of anilines is 2. The monoisotopic (exact) mass is 369 g/mol. The molecule has 1 aromatic carbocycles. The van der Waals surface area contributed by atoms with E-state index in [4.69, 9.17) is 16.5 Å². The Morgan fingerprint density at radius 2 is 2.16 bits per heavy atom. The van der Waals surface area contributed by atoms with Crippen LogP contribution in [0.1, 0.15) is 19.8 Å². The summed E-state index contributed by atoms with van der Waals surface area (Å²) in [5.74, 6) is -0.302. The number of carbonyl (C=O) groups is 2. The number of piperidine rings is 1. The summed E-state index contributed by atoms with van der Waals surface area (Å²) in [5, 5.41) is 0. The van der Waals surface area contributed by atoms with Gasteiger partial charge in [-0.15, -0.1) is 0 Å². The quantitative estimate of drug-likeness (QED) is 0.766. The van der Waals surface area contributed by atoms with E-state index in [2.05, 4.69) is 0 Å². The zero-order valence-electron chi connectivity index (χ0n) is 14.0. The Balaban J connectivity index is 1.70. The molecule has 2 heterocycles. The van der Waals surface area contributed by atoms with Crippen LogP contribution in [0.2, 0.25) is 0 Å². The molecule has 0 saturated carbocycles. The highest BCUT2D eigenvalue weighted by Crippen LogP contribution is 2.28. The predicted molar refractivity (Wildman–Crippen MR) is 93.6 cm³/mol. The minimum absolute atomic E-state index is 0.133. The Morgan fingerprint density at radius 3 is 2.88 bits per heavy atom. The average molecular weight is 370 g/mol. The van der Waals surface area contributed by atoms with Crippen molar-refractivity contribution in [1.82, 2.24) is 4.42 Å². The molecule has 2 aliphatic heterocycles. The molecule has 6 nitrogen and oxygen atoms in total. The van der Waals surface area contributed by atoms with Gasteiger partial charge in [0, 0.05) is 43.2 Å². The third kappa shape index (κ3) is 4.15. The van der Waals surface area contributed by atoms with Gasteiger partial charge in [-0.25, -0.2) is 9.18 Å². The molecular weight excluding hydrogens is 349 g/mol. The van der Waals surface area contributed by atoms with Gasteiger partial charge in [-0.3, -0.25) is 14.1 Å². The molecule has 2 aliphatic rings. The third-order valence-electron chi connectivity index (χ3n) is 4.45. The molecule has 1 aromatic rings. The molecule has 2 atom stereocenters. The van der Waals surface area contributed by atoms with Crippen molar-refractivity contribution in [3.05, 3.63) is 24.3 Å². The number of ether oxygens (including phenoxy) is 1. The first-order chi connectivity index (χ1) is 11.9. The van der Waals surface area contributed by atoms with E-state index in [9.17, 15) is 14.0 Å². The molecule has 25 heavy (non-hydrogen) atoms. The lowest BCUT2D eigenvalue weighted by atomic mass is 10.1. The van der Waals surface area contributed by atoms with Crippen molar-refractivity contribution in [2.45, 2.75) is 32.0 Å². The highest BCUT2D eigenvalue weighted by Gasteiger charge is 2.34. The number of hydrogen-bond acceptors (Lipinski definition) is 4. The van der Waals surface area contributed by atoms with Gasteiger partial charge < -0.3 is 9.64 Å². The lowest BCUT2D eigenvalue weighted by molar-refractivity contribution is -0.125. The summed E-state index contributed by atoms with van der Waals surface area (Å²) in [4.78, 5) is 26.9. The van der Waals surface area contributed by atoms with Crippen LogP contribution >= 0.6 is 11.8 Å². The Hall–Kier alpha value is -2.02. The van der Waals surface area contributed by atoms with E-state index in [-0.39, 0.29) is 12.5 Å². The van der Waals surface area contributed by atoms with Crippen LogP contribution in [0.5, 0.6) is 0 Å². The summed E-state index contributed by atoms with van der Waals surface area (Å²) >= 11 is 5.81. The summed E-state index contributed by atoms with van der Waals surface area (Å²) in [6.07, 6.45) is -0.364. The number of benzene rings is 1. The van der Waals surface area contributed by atoms with E-state index in [1.165, 1.54) is 11.8 Å². The number of nitrogens with zero attached hydrogens (tertiary/aromatic N) is 3. The van der Waals surface area contributed by atoms with Crippen LogP contribution in [0.15, 0.2) is 24.3 Å². The number of cyclic esters (lactones) is 1. The van der Waals surface area contributed by atoms with Crippen molar-refractivity contribution in [2.75, 3.05) is 36.0 Å². The van der Waals surface area contributed by atoms with Gasteiger partial charge >= 0.3 is 6.09 Å². The van der Waals surface area contributed by atoms with Crippen LogP contribution < -0.4 is 9.80 Å². The largest absolute Gasteiger partial charge is 0.442 e. The van der Waals surface area contributed by atoms with Crippen LogP contribution in [-0.4, -0.2) is 54.9 Å². The number of hydrogen-bond donors (Lipinski definition) is 0. The van der Waals surface area contributed by atoms with Gasteiger partial charge in [0.05, 0.1) is 13.1 Å². The highest BCUT2D eigenvalue weighted by molar-refractivity contribution is 6.20. The van der Waals surface area contributed by atoms with E-state index < -0.39 is 18.4 Å². The summed E-state index contributed by atoms with van der Waals surface area (Å²) in [6.45, 7) is 2.97. The second kappa shape index (κ2) is 7.47. The molecule has 0 N–H and O–H groups in total.